The number of carbonyl (C=O) groups is 1. The van der Waals surface area contributed by atoms with Gasteiger partial charge in [-0.1, -0.05) is 25.4 Å². The third-order valence-electron chi connectivity index (χ3n) is 4.65. The van der Waals surface area contributed by atoms with Gasteiger partial charge in [-0.3, -0.25) is 4.79 Å². The first-order chi connectivity index (χ1) is 13.1. The first-order valence-corrected chi connectivity index (χ1v) is 11.6. The zero-order valence-electron chi connectivity index (χ0n) is 16.8. The van der Waals surface area contributed by atoms with Gasteiger partial charge in [0, 0.05) is 25.2 Å². The molecule has 0 radical (unpaired) electrons. The summed E-state index contributed by atoms with van der Waals surface area (Å²) in [5, 5.41) is 3.23. The Kier molecular flexibility index (Phi) is 7.97. The van der Waals surface area contributed by atoms with E-state index in [1.807, 2.05) is 13.8 Å². The highest BCUT2D eigenvalue weighted by molar-refractivity contribution is 7.88. The van der Waals surface area contributed by atoms with Gasteiger partial charge >= 0.3 is 0 Å². The maximum atomic E-state index is 12.5. The Labute approximate surface area is 172 Å². The number of halogens is 1. The Hall–Kier alpha value is -1.51. The summed E-state index contributed by atoms with van der Waals surface area (Å²) in [6.07, 6.45) is 2.67. The van der Waals surface area contributed by atoms with Crippen LogP contribution in [0.15, 0.2) is 12.1 Å². The summed E-state index contributed by atoms with van der Waals surface area (Å²) in [6, 6.07) is 3.18. The van der Waals surface area contributed by atoms with Crippen molar-refractivity contribution in [2.45, 2.75) is 26.7 Å². The smallest absolute Gasteiger partial charge is 0.251 e. The van der Waals surface area contributed by atoms with Gasteiger partial charge in [0.1, 0.15) is 0 Å². The van der Waals surface area contributed by atoms with Gasteiger partial charge in [-0.05, 0) is 36.8 Å². The van der Waals surface area contributed by atoms with Crippen molar-refractivity contribution in [2.75, 3.05) is 39.6 Å². The van der Waals surface area contributed by atoms with Crippen LogP contribution in [0.5, 0.6) is 11.5 Å². The normalized spacial score (nSPS) is 16.2. The second kappa shape index (κ2) is 9.80. The van der Waals surface area contributed by atoms with Gasteiger partial charge in [0.2, 0.25) is 10.0 Å². The fraction of sp³-hybridized carbons (Fsp3) is 0.632. The minimum Gasteiger partial charge on any atom is -0.493 e. The van der Waals surface area contributed by atoms with Crippen LogP contribution in [0.2, 0.25) is 5.02 Å². The summed E-state index contributed by atoms with van der Waals surface area (Å²) in [5.41, 5.74) is 0.396. The molecular weight excluding hydrogens is 404 g/mol. The van der Waals surface area contributed by atoms with E-state index in [1.165, 1.54) is 17.7 Å². The quantitative estimate of drug-likeness (QED) is 0.682. The number of methoxy groups -OCH3 is 1. The molecule has 1 aliphatic rings. The monoisotopic (exact) mass is 432 g/mol. The number of ether oxygens (including phenoxy) is 2. The number of nitrogens with one attached hydrogen (secondary N) is 1. The highest BCUT2D eigenvalue weighted by atomic mass is 35.5. The molecule has 1 fully saturated rings. The largest absolute Gasteiger partial charge is 0.493 e. The van der Waals surface area contributed by atoms with Crippen molar-refractivity contribution in [1.82, 2.24) is 9.62 Å². The van der Waals surface area contributed by atoms with Gasteiger partial charge in [0.05, 0.1) is 25.0 Å². The Bertz CT molecular complexity index is 790. The minimum absolute atomic E-state index is 0.243. The predicted molar refractivity (Wildman–Crippen MR) is 110 cm³/mol. The number of rotatable bonds is 8. The fourth-order valence-electron chi connectivity index (χ4n) is 3.03. The molecule has 0 atom stereocenters. The zero-order valence-corrected chi connectivity index (χ0v) is 18.4. The fourth-order valence-corrected chi connectivity index (χ4v) is 4.16. The van der Waals surface area contributed by atoms with Gasteiger partial charge in [0.15, 0.2) is 11.5 Å². The van der Waals surface area contributed by atoms with Crippen LogP contribution in [0.1, 0.15) is 37.0 Å². The summed E-state index contributed by atoms with van der Waals surface area (Å²) in [4.78, 5) is 12.5. The molecule has 1 aromatic carbocycles. The molecule has 158 valence electrons. The lowest BCUT2D eigenvalue weighted by Gasteiger charge is -2.30. The highest BCUT2D eigenvalue weighted by Crippen LogP contribution is 2.36. The number of carbonyl (C=O) groups excluding carboxylic acids is 1. The van der Waals surface area contributed by atoms with Crippen molar-refractivity contribution < 1.29 is 22.7 Å². The molecule has 1 aliphatic heterocycles. The van der Waals surface area contributed by atoms with E-state index in [9.17, 15) is 13.2 Å². The maximum Gasteiger partial charge on any atom is 0.251 e. The van der Waals surface area contributed by atoms with Crippen LogP contribution in [-0.4, -0.2) is 58.2 Å². The first-order valence-electron chi connectivity index (χ1n) is 9.35. The number of sulfonamides is 1. The average molecular weight is 433 g/mol. The van der Waals surface area contributed by atoms with Crippen LogP contribution in [-0.2, 0) is 10.0 Å². The Morgan fingerprint density at radius 2 is 1.96 bits per heavy atom. The molecule has 0 aromatic heterocycles. The molecule has 28 heavy (non-hydrogen) atoms. The first kappa shape index (κ1) is 22.8. The summed E-state index contributed by atoms with van der Waals surface area (Å²) < 4.78 is 35.7. The van der Waals surface area contributed by atoms with Crippen molar-refractivity contribution in [3.63, 3.8) is 0 Å². The van der Waals surface area contributed by atoms with Crippen LogP contribution in [0, 0.1) is 11.8 Å². The number of piperidine rings is 1. The summed E-state index contributed by atoms with van der Waals surface area (Å²) in [5.74, 6) is 1.18. The molecule has 1 aromatic rings. The topological polar surface area (TPSA) is 84.9 Å². The zero-order chi connectivity index (χ0) is 20.9. The average Bonchev–Trinajstić information content (AvgIpc) is 2.63. The molecule has 9 heteroatoms. The van der Waals surface area contributed by atoms with Crippen LogP contribution in [0.4, 0.5) is 0 Å². The third kappa shape index (κ3) is 6.25. The van der Waals surface area contributed by atoms with Crippen molar-refractivity contribution in [3.8, 4) is 11.5 Å². The van der Waals surface area contributed by atoms with Gasteiger partial charge in [-0.15, -0.1) is 0 Å². The minimum atomic E-state index is -3.14. The van der Waals surface area contributed by atoms with Gasteiger partial charge in [-0.2, -0.15) is 0 Å². The molecule has 2 rings (SSSR count). The molecular formula is C19H29ClN2O5S. The molecule has 0 saturated carbocycles. The molecule has 0 bridgehead atoms. The Balaban J connectivity index is 1.96. The molecule has 0 aliphatic carbocycles. The maximum absolute atomic E-state index is 12.5. The number of benzene rings is 1. The van der Waals surface area contributed by atoms with E-state index in [2.05, 4.69) is 5.32 Å². The number of nitrogens with zero attached hydrogens (tertiary/aromatic N) is 1. The lowest BCUT2D eigenvalue weighted by Crippen LogP contribution is -2.41. The van der Waals surface area contributed by atoms with Crippen LogP contribution in [0.3, 0.4) is 0 Å². The lowest BCUT2D eigenvalue weighted by molar-refractivity contribution is 0.0941. The van der Waals surface area contributed by atoms with Crippen molar-refractivity contribution in [1.29, 1.82) is 0 Å². The Morgan fingerprint density at radius 1 is 1.32 bits per heavy atom. The molecule has 1 saturated heterocycles. The van der Waals surface area contributed by atoms with E-state index in [1.54, 1.807) is 12.1 Å². The van der Waals surface area contributed by atoms with Crippen LogP contribution < -0.4 is 14.8 Å². The van der Waals surface area contributed by atoms with Crippen molar-refractivity contribution in [2.24, 2.45) is 11.8 Å². The van der Waals surface area contributed by atoms with E-state index in [4.69, 9.17) is 21.1 Å². The summed E-state index contributed by atoms with van der Waals surface area (Å²) in [7, 11) is -1.64. The molecule has 0 spiro atoms. The van der Waals surface area contributed by atoms with Crippen LogP contribution >= 0.6 is 11.6 Å². The van der Waals surface area contributed by atoms with E-state index >= 15 is 0 Å². The molecule has 1 heterocycles. The molecule has 1 amide bonds. The SMILES string of the molecule is COc1cc(C(=O)NCC2CCN(S(C)(=O)=O)CC2)cc(Cl)c1OCC(C)C. The van der Waals surface area contributed by atoms with E-state index in [-0.39, 0.29) is 11.8 Å². The van der Waals surface area contributed by atoms with E-state index < -0.39 is 10.0 Å². The van der Waals surface area contributed by atoms with E-state index in [0.29, 0.717) is 54.2 Å². The molecule has 0 unspecified atom stereocenters. The van der Waals surface area contributed by atoms with Gasteiger partial charge in [-0.25, -0.2) is 12.7 Å². The van der Waals surface area contributed by atoms with Crippen LogP contribution in [0.25, 0.3) is 0 Å². The molecule has 7 nitrogen and oxygen atoms in total. The van der Waals surface area contributed by atoms with E-state index in [0.717, 1.165) is 12.8 Å². The summed E-state index contributed by atoms with van der Waals surface area (Å²) in [6.45, 7) is 6.02. The number of hydrogen-bond donors (Lipinski definition) is 1. The number of hydrogen-bond acceptors (Lipinski definition) is 5. The number of amides is 1. The Morgan fingerprint density at radius 3 is 2.50 bits per heavy atom. The van der Waals surface area contributed by atoms with Gasteiger partial charge in [0.25, 0.3) is 5.91 Å². The molecule has 1 N–H and O–H groups in total. The van der Waals surface area contributed by atoms with Gasteiger partial charge < -0.3 is 14.8 Å². The highest BCUT2D eigenvalue weighted by Gasteiger charge is 2.25. The van der Waals surface area contributed by atoms with Crippen molar-refractivity contribution in [3.05, 3.63) is 22.7 Å². The lowest BCUT2D eigenvalue weighted by atomic mass is 9.98. The second-order valence-corrected chi connectivity index (χ2v) is 9.90. The third-order valence-corrected chi connectivity index (χ3v) is 6.23. The summed E-state index contributed by atoms with van der Waals surface area (Å²) >= 11 is 6.30. The predicted octanol–water partition coefficient (Wildman–Crippen LogP) is 2.78. The van der Waals surface area contributed by atoms with Crippen molar-refractivity contribution >= 4 is 27.5 Å². The standard InChI is InChI=1S/C19H29ClN2O5S/c1-13(2)12-27-18-16(20)9-15(10-17(18)26-3)19(23)21-11-14-5-7-22(8-6-14)28(4,24)25/h9-10,13-14H,5-8,11-12H2,1-4H3,(H,21,23). The second-order valence-electron chi connectivity index (χ2n) is 7.51.